The standard InChI is InChI=1S/C9H11NO4S/c1-13-8-3-2-6(15(10,11)12)4-7(8)9-5-14-9/h2-4,9H,5H2,1H3,(H2,10,11,12). The summed E-state index contributed by atoms with van der Waals surface area (Å²) in [6.07, 6.45) is -0.0679. The van der Waals surface area contributed by atoms with Crippen molar-refractivity contribution >= 4 is 10.0 Å². The lowest BCUT2D eigenvalue weighted by atomic mass is 10.1. The molecule has 1 heterocycles. The monoisotopic (exact) mass is 229 g/mol. The second kappa shape index (κ2) is 3.48. The van der Waals surface area contributed by atoms with Gasteiger partial charge in [-0.3, -0.25) is 0 Å². The predicted molar refractivity (Wildman–Crippen MR) is 53.1 cm³/mol. The van der Waals surface area contributed by atoms with Crippen molar-refractivity contribution in [2.45, 2.75) is 11.0 Å². The average Bonchev–Trinajstić information content (AvgIpc) is 2.98. The highest BCUT2D eigenvalue weighted by Gasteiger charge is 2.29. The van der Waals surface area contributed by atoms with Crippen molar-refractivity contribution < 1.29 is 17.9 Å². The van der Waals surface area contributed by atoms with Crippen molar-refractivity contribution in [2.75, 3.05) is 13.7 Å². The van der Waals surface area contributed by atoms with E-state index >= 15 is 0 Å². The zero-order valence-corrected chi connectivity index (χ0v) is 8.95. The Bertz CT molecular complexity index is 479. The molecular formula is C9H11NO4S. The van der Waals surface area contributed by atoms with Gasteiger partial charge in [-0.25, -0.2) is 13.6 Å². The largest absolute Gasteiger partial charge is 0.496 e. The first-order chi connectivity index (χ1) is 7.02. The summed E-state index contributed by atoms with van der Waals surface area (Å²) in [5, 5.41) is 5.03. The van der Waals surface area contributed by atoms with Gasteiger partial charge in [0.1, 0.15) is 11.9 Å². The van der Waals surface area contributed by atoms with Crippen LogP contribution in [0.2, 0.25) is 0 Å². The Labute approximate surface area is 87.8 Å². The number of ether oxygens (including phenoxy) is 2. The van der Waals surface area contributed by atoms with Crippen LogP contribution in [0, 0.1) is 0 Å². The second-order valence-corrected chi connectivity index (χ2v) is 4.83. The number of epoxide rings is 1. The van der Waals surface area contributed by atoms with Crippen LogP contribution in [-0.4, -0.2) is 22.1 Å². The summed E-state index contributed by atoms with van der Waals surface area (Å²) in [4.78, 5) is 0.0776. The molecule has 0 radical (unpaired) electrons. The number of nitrogens with two attached hydrogens (primary N) is 1. The highest BCUT2D eigenvalue weighted by Crippen LogP contribution is 2.37. The van der Waals surface area contributed by atoms with Crippen LogP contribution in [0.25, 0.3) is 0 Å². The fourth-order valence-corrected chi connectivity index (χ4v) is 1.92. The number of rotatable bonds is 3. The first kappa shape index (κ1) is 10.4. The Kier molecular flexibility index (Phi) is 2.41. The average molecular weight is 229 g/mol. The minimum atomic E-state index is -3.67. The summed E-state index contributed by atoms with van der Waals surface area (Å²) < 4.78 is 32.4. The molecule has 15 heavy (non-hydrogen) atoms. The Balaban J connectivity index is 2.50. The van der Waals surface area contributed by atoms with E-state index in [0.29, 0.717) is 12.4 Å². The number of methoxy groups -OCH3 is 1. The van der Waals surface area contributed by atoms with Gasteiger partial charge in [0, 0.05) is 5.56 Å². The van der Waals surface area contributed by atoms with Gasteiger partial charge in [0.15, 0.2) is 0 Å². The van der Waals surface area contributed by atoms with Gasteiger partial charge in [-0.2, -0.15) is 0 Å². The maximum atomic E-state index is 11.1. The number of hydrogen-bond donors (Lipinski definition) is 1. The van der Waals surface area contributed by atoms with E-state index in [9.17, 15) is 8.42 Å². The van der Waals surface area contributed by atoms with Crippen LogP contribution in [-0.2, 0) is 14.8 Å². The Morgan fingerprint density at radius 2 is 2.20 bits per heavy atom. The lowest BCUT2D eigenvalue weighted by Gasteiger charge is -2.07. The van der Waals surface area contributed by atoms with Gasteiger partial charge in [-0.1, -0.05) is 0 Å². The molecule has 2 rings (SSSR count). The molecule has 1 aromatic carbocycles. The van der Waals surface area contributed by atoms with E-state index in [1.807, 2.05) is 0 Å². The van der Waals surface area contributed by atoms with Crippen molar-refractivity contribution in [3.05, 3.63) is 23.8 Å². The Morgan fingerprint density at radius 1 is 1.53 bits per heavy atom. The molecule has 0 aromatic heterocycles. The van der Waals surface area contributed by atoms with Crippen LogP contribution >= 0.6 is 0 Å². The minimum absolute atomic E-state index is 0.0679. The predicted octanol–water partition coefficient (Wildman–Crippen LogP) is 0.414. The van der Waals surface area contributed by atoms with Crippen LogP contribution in [0.4, 0.5) is 0 Å². The fraction of sp³-hybridized carbons (Fsp3) is 0.333. The summed E-state index contributed by atoms with van der Waals surface area (Å²) in [6.45, 7) is 0.588. The molecule has 0 spiro atoms. The summed E-state index contributed by atoms with van der Waals surface area (Å²) in [7, 11) is -2.14. The third kappa shape index (κ3) is 2.11. The number of primary sulfonamides is 1. The zero-order valence-electron chi connectivity index (χ0n) is 8.14. The minimum Gasteiger partial charge on any atom is -0.496 e. The van der Waals surface area contributed by atoms with E-state index in [0.717, 1.165) is 5.56 Å². The maximum absolute atomic E-state index is 11.1. The lowest BCUT2D eigenvalue weighted by molar-refractivity contribution is 0.383. The van der Waals surface area contributed by atoms with Gasteiger partial charge in [0.2, 0.25) is 10.0 Å². The van der Waals surface area contributed by atoms with Crippen LogP contribution in [0.5, 0.6) is 5.75 Å². The number of benzene rings is 1. The van der Waals surface area contributed by atoms with E-state index in [1.165, 1.54) is 19.2 Å². The molecule has 0 aliphatic carbocycles. The van der Waals surface area contributed by atoms with Crippen LogP contribution in [0.15, 0.2) is 23.1 Å². The van der Waals surface area contributed by atoms with Crippen molar-refractivity contribution in [3.8, 4) is 5.75 Å². The van der Waals surface area contributed by atoms with E-state index in [-0.39, 0.29) is 11.0 Å². The van der Waals surface area contributed by atoms with Gasteiger partial charge in [0.05, 0.1) is 18.6 Å². The van der Waals surface area contributed by atoms with Crippen molar-refractivity contribution in [1.29, 1.82) is 0 Å². The quantitative estimate of drug-likeness (QED) is 0.761. The second-order valence-electron chi connectivity index (χ2n) is 3.27. The molecule has 0 saturated carbocycles. The Morgan fingerprint density at radius 3 is 2.67 bits per heavy atom. The summed E-state index contributed by atoms with van der Waals surface area (Å²) in [5.74, 6) is 0.616. The van der Waals surface area contributed by atoms with Gasteiger partial charge in [-0.05, 0) is 18.2 Å². The van der Waals surface area contributed by atoms with Gasteiger partial charge in [-0.15, -0.1) is 0 Å². The molecule has 0 amide bonds. The molecule has 1 aromatic rings. The van der Waals surface area contributed by atoms with Crippen LogP contribution in [0.3, 0.4) is 0 Å². The van der Waals surface area contributed by atoms with E-state index in [2.05, 4.69) is 0 Å². The smallest absolute Gasteiger partial charge is 0.238 e. The zero-order chi connectivity index (χ0) is 11.1. The van der Waals surface area contributed by atoms with Crippen molar-refractivity contribution in [2.24, 2.45) is 5.14 Å². The first-order valence-electron chi connectivity index (χ1n) is 4.34. The van der Waals surface area contributed by atoms with Crippen molar-refractivity contribution in [3.63, 3.8) is 0 Å². The van der Waals surface area contributed by atoms with E-state index in [4.69, 9.17) is 14.6 Å². The van der Waals surface area contributed by atoms with E-state index < -0.39 is 10.0 Å². The molecule has 82 valence electrons. The SMILES string of the molecule is COc1ccc(S(N)(=O)=O)cc1C1CO1. The molecule has 1 aliphatic heterocycles. The topological polar surface area (TPSA) is 81.9 Å². The highest BCUT2D eigenvalue weighted by atomic mass is 32.2. The molecule has 6 heteroatoms. The molecular weight excluding hydrogens is 218 g/mol. The molecule has 1 unspecified atom stereocenters. The van der Waals surface area contributed by atoms with Gasteiger partial charge >= 0.3 is 0 Å². The van der Waals surface area contributed by atoms with Gasteiger partial charge in [0.25, 0.3) is 0 Å². The fourth-order valence-electron chi connectivity index (χ4n) is 1.37. The molecule has 0 bridgehead atoms. The lowest BCUT2D eigenvalue weighted by Crippen LogP contribution is -2.12. The van der Waals surface area contributed by atoms with Gasteiger partial charge < -0.3 is 9.47 Å². The first-order valence-corrected chi connectivity index (χ1v) is 5.89. The van der Waals surface area contributed by atoms with Crippen molar-refractivity contribution in [1.82, 2.24) is 0 Å². The summed E-state index contributed by atoms with van der Waals surface area (Å²) in [6, 6.07) is 4.49. The molecule has 1 aliphatic rings. The summed E-state index contributed by atoms with van der Waals surface area (Å²) in [5.41, 5.74) is 0.726. The molecule has 1 atom stereocenters. The van der Waals surface area contributed by atoms with E-state index in [1.54, 1.807) is 6.07 Å². The highest BCUT2D eigenvalue weighted by molar-refractivity contribution is 7.89. The number of hydrogen-bond acceptors (Lipinski definition) is 4. The molecule has 5 nitrogen and oxygen atoms in total. The maximum Gasteiger partial charge on any atom is 0.238 e. The Hall–Kier alpha value is -1.11. The molecule has 1 saturated heterocycles. The summed E-state index contributed by atoms with van der Waals surface area (Å²) >= 11 is 0. The molecule has 2 N–H and O–H groups in total. The number of sulfonamides is 1. The normalized spacial score (nSPS) is 20.0. The van der Waals surface area contributed by atoms with Crippen LogP contribution < -0.4 is 9.88 Å². The molecule has 1 fully saturated rings. The van der Waals surface area contributed by atoms with Crippen LogP contribution in [0.1, 0.15) is 11.7 Å². The third-order valence-electron chi connectivity index (χ3n) is 2.21. The third-order valence-corrected chi connectivity index (χ3v) is 3.12.